The van der Waals surface area contributed by atoms with Gasteiger partial charge in [0, 0.05) is 5.69 Å². The minimum Gasteiger partial charge on any atom is -0.497 e. The zero-order valence-electron chi connectivity index (χ0n) is 15.2. The molecule has 29 heavy (non-hydrogen) atoms. The predicted molar refractivity (Wildman–Crippen MR) is 97.1 cm³/mol. The summed E-state index contributed by atoms with van der Waals surface area (Å²) in [5, 5.41) is 2.52. The fourth-order valence-corrected chi connectivity index (χ4v) is 2.34. The summed E-state index contributed by atoms with van der Waals surface area (Å²) < 4.78 is 56.3. The van der Waals surface area contributed by atoms with Crippen molar-refractivity contribution in [2.24, 2.45) is 0 Å². The van der Waals surface area contributed by atoms with E-state index in [0.717, 1.165) is 12.1 Å². The lowest BCUT2D eigenvalue weighted by atomic mass is 10.3. The van der Waals surface area contributed by atoms with Crippen molar-refractivity contribution in [1.29, 1.82) is 0 Å². The number of alkyl halides is 3. The van der Waals surface area contributed by atoms with Crippen molar-refractivity contribution in [1.82, 2.24) is 0 Å². The molecule has 152 valence electrons. The Morgan fingerprint density at radius 1 is 0.931 bits per heavy atom. The second kappa shape index (κ2) is 8.59. The van der Waals surface area contributed by atoms with Gasteiger partial charge in [0.1, 0.15) is 29.6 Å². The van der Waals surface area contributed by atoms with Crippen molar-refractivity contribution >= 4 is 11.6 Å². The van der Waals surface area contributed by atoms with Crippen LogP contribution in [0, 0.1) is 0 Å². The molecule has 0 bridgehead atoms. The van der Waals surface area contributed by atoms with Gasteiger partial charge in [-0.25, -0.2) is 0 Å². The Kier molecular flexibility index (Phi) is 5.96. The van der Waals surface area contributed by atoms with E-state index in [1.165, 1.54) is 18.2 Å². The minimum atomic E-state index is -4.77. The van der Waals surface area contributed by atoms with Crippen molar-refractivity contribution in [3.8, 4) is 17.2 Å². The van der Waals surface area contributed by atoms with Crippen LogP contribution in [0.5, 0.6) is 17.2 Å². The van der Waals surface area contributed by atoms with Crippen molar-refractivity contribution < 1.29 is 36.6 Å². The van der Waals surface area contributed by atoms with Crippen LogP contribution in [0.4, 0.5) is 18.9 Å². The molecule has 0 fully saturated rings. The number of halogens is 3. The van der Waals surface area contributed by atoms with Crippen molar-refractivity contribution in [3.63, 3.8) is 0 Å². The van der Waals surface area contributed by atoms with Gasteiger partial charge in [-0.3, -0.25) is 4.79 Å². The van der Waals surface area contributed by atoms with Gasteiger partial charge in [0.15, 0.2) is 5.76 Å². The summed E-state index contributed by atoms with van der Waals surface area (Å²) in [5.74, 6) is 0.840. The summed E-state index contributed by atoms with van der Waals surface area (Å²) >= 11 is 0. The molecule has 1 amide bonds. The number of carbonyl (C=O) groups is 1. The first kappa shape index (κ1) is 20.1. The number of nitrogens with one attached hydrogen (secondary N) is 1. The number of hydrogen-bond acceptors (Lipinski definition) is 5. The van der Waals surface area contributed by atoms with Gasteiger partial charge >= 0.3 is 6.36 Å². The van der Waals surface area contributed by atoms with E-state index in [9.17, 15) is 18.0 Å². The van der Waals surface area contributed by atoms with Gasteiger partial charge in [-0.05, 0) is 60.7 Å². The Morgan fingerprint density at radius 3 is 2.17 bits per heavy atom. The third kappa shape index (κ3) is 5.93. The third-order valence-corrected chi connectivity index (χ3v) is 3.67. The van der Waals surface area contributed by atoms with Gasteiger partial charge in [0.05, 0.1) is 7.11 Å². The molecule has 1 aromatic heterocycles. The lowest BCUT2D eigenvalue weighted by Crippen LogP contribution is -2.17. The number of carbonyl (C=O) groups excluding carboxylic acids is 1. The molecule has 0 aliphatic rings. The third-order valence-electron chi connectivity index (χ3n) is 3.67. The zero-order chi connectivity index (χ0) is 20.9. The van der Waals surface area contributed by atoms with E-state index in [1.54, 1.807) is 37.4 Å². The highest BCUT2D eigenvalue weighted by Crippen LogP contribution is 2.24. The molecule has 0 saturated carbocycles. The van der Waals surface area contributed by atoms with Crippen LogP contribution < -0.4 is 19.5 Å². The summed E-state index contributed by atoms with van der Waals surface area (Å²) in [5.41, 5.74) is 0.289. The van der Waals surface area contributed by atoms with Crippen LogP contribution in [0.25, 0.3) is 0 Å². The Morgan fingerprint density at radius 2 is 1.55 bits per heavy atom. The van der Waals surface area contributed by atoms with Gasteiger partial charge < -0.3 is 23.9 Å². The Labute approximate surface area is 163 Å². The minimum absolute atomic E-state index is 0.0361. The van der Waals surface area contributed by atoms with Gasteiger partial charge in [-0.1, -0.05) is 0 Å². The van der Waals surface area contributed by atoms with Gasteiger partial charge in [-0.15, -0.1) is 13.2 Å². The normalized spacial score (nSPS) is 11.0. The number of ether oxygens (including phenoxy) is 3. The number of rotatable bonds is 7. The summed E-state index contributed by atoms with van der Waals surface area (Å²) in [4.78, 5) is 12.2. The number of amides is 1. The molecule has 6 nitrogen and oxygen atoms in total. The standard InChI is InChI=1S/C20H16F3NO5/c1-26-14-6-8-15(9-7-14)27-12-17-10-11-18(28-17)19(25)24-13-2-4-16(5-3-13)29-20(21,22)23/h2-11H,12H2,1H3,(H,24,25). The number of anilines is 1. The number of furan rings is 1. The van der Waals surface area contributed by atoms with Crippen molar-refractivity contribution in [3.05, 3.63) is 72.2 Å². The van der Waals surface area contributed by atoms with Gasteiger partial charge in [0.25, 0.3) is 5.91 Å². The first-order valence-electron chi connectivity index (χ1n) is 8.35. The molecule has 0 spiro atoms. The average molecular weight is 407 g/mol. The molecule has 3 rings (SSSR count). The second-order valence-electron chi connectivity index (χ2n) is 5.76. The molecule has 9 heteroatoms. The van der Waals surface area contributed by atoms with Crippen LogP contribution in [0.15, 0.2) is 65.1 Å². The van der Waals surface area contributed by atoms with Gasteiger partial charge in [0.2, 0.25) is 0 Å². The number of hydrogen-bond donors (Lipinski definition) is 1. The largest absolute Gasteiger partial charge is 0.573 e. The highest BCUT2D eigenvalue weighted by Gasteiger charge is 2.31. The summed E-state index contributed by atoms with van der Waals surface area (Å²) in [6.07, 6.45) is -4.77. The van der Waals surface area contributed by atoms with Gasteiger partial charge in [-0.2, -0.15) is 0 Å². The van der Waals surface area contributed by atoms with Crippen LogP contribution >= 0.6 is 0 Å². The van der Waals surface area contributed by atoms with Crippen LogP contribution in [0.1, 0.15) is 16.3 Å². The van der Waals surface area contributed by atoms with Crippen LogP contribution in [-0.4, -0.2) is 19.4 Å². The second-order valence-corrected chi connectivity index (χ2v) is 5.76. The molecular weight excluding hydrogens is 391 g/mol. The average Bonchev–Trinajstić information content (AvgIpc) is 3.16. The summed E-state index contributed by atoms with van der Waals surface area (Å²) in [7, 11) is 1.57. The highest BCUT2D eigenvalue weighted by molar-refractivity contribution is 6.02. The van der Waals surface area contributed by atoms with Crippen LogP contribution in [-0.2, 0) is 6.61 Å². The Balaban J connectivity index is 1.54. The zero-order valence-corrected chi connectivity index (χ0v) is 15.2. The van der Waals surface area contributed by atoms with E-state index in [1.807, 2.05) is 0 Å². The number of benzene rings is 2. The topological polar surface area (TPSA) is 69.9 Å². The van der Waals surface area contributed by atoms with Crippen molar-refractivity contribution in [2.45, 2.75) is 13.0 Å². The first-order valence-corrected chi connectivity index (χ1v) is 8.35. The van der Waals surface area contributed by atoms with Crippen LogP contribution in [0.3, 0.4) is 0 Å². The lowest BCUT2D eigenvalue weighted by Gasteiger charge is -2.09. The number of methoxy groups -OCH3 is 1. The van der Waals surface area contributed by atoms with E-state index in [0.29, 0.717) is 17.3 Å². The highest BCUT2D eigenvalue weighted by atomic mass is 19.4. The molecule has 1 heterocycles. The molecule has 0 atom stereocenters. The molecule has 0 aliphatic carbocycles. The summed E-state index contributed by atoms with van der Waals surface area (Å²) in [6.45, 7) is 0.114. The molecule has 0 aliphatic heterocycles. The maximum Gasteiger partial charge on any atom is 0.573 e. The van der Waals surface area contributed by atoms with E-state index < -0.39 is 12.3 Å². The van der Waals surface area contributed by atoms with Crippen LogP contribution in [0.2, 0.25) is 0 Å². The molecule has 0 radical (unpaired) electrons. The van der Waals surface area contributed by atoms with Crippen molar-refractivity contribution in [2.75, 3.05) is 12.4 Å². The maximum atomic E-state index is 12.2. The van der Waals surface area contributed by atoms with E-state index in [2.05, 4.69) is 10.1 Å². The molecule has 3 aromatic rings. The molecule has 1 N–H and O–H groups in total. The maximum absolute atomic E-state index is 12.2. The van der Waals surface area contributed by atoms with E-state index in [-0.39, 0.29) is 23.8 Å². The Hall–Kier alpha value is -3.62. The monoisotopic (exact) mass is 407 g/mol. The SMILES string of the molecule is COc1ccc(OCc2ccc(C(=O)Nc3ccc(OC(F)(F)F)cc3)o2)cc1. The fraction of sp³-hybridized carbons (Fsp3) is 0.150. The first-order chi connectivity index (χ1) is 13.8. The lowest BCUT2D eigenvalue weighted by molar-refractivity contribution is -0.274. The predicted octanol–water partition coefficient (Wildman–Crippen LogP) is 5.02. The molecule has 0 saturated heterocycles. The molecular formula is C20H16F3NO5. The smallest absolute Gasteiger partial charge is 0.497 e. The van der Waals surface area contributed by atoms with E-state index in [4.69, 9.17) is 13.9 Å². The molecule has 0 unspecified atom stereocenters. The fourth-order valence-electron chi connectivity index (χ4n) is 2.34. The summed E-state index contributed by atoms with van der Waals surface area (Å²) in [6, 6.07) is 14.8. The quantitative estimate of drug-likeness (QED) is 0.596. The van der Waals surface area contributed by atoms with E-state index >= 15 is 0 Å². The Bertz CT molecular complexity index is 949. The molecule has 2 aromatic carbocycles.